The normalized spacial score (nSPS) is 43.0. The highest BCUT2D eigenvalue weighted by Crippen LogP contribution is 2.68. The molecule has 0 unspecified atom stereocenters. The van der Waals surface area contributed by atoms with Crippen LogP contribution in [0.15, 0.2) is 23.8 Å². The van der Waals surface area contributed by atoms with Crippen LogP contribution < -0.4 is 0 Å². The monoisotopic (exact) mass is 438 g/mol. The van der Waals surface area contributed by atoms with Gasteiger partial charge < -0.3 is 14.9 Å². The van der Waals surface area contributed by atoms with Crippen molar-refractivity contribution < 1.29 is 38.4 Å². The molecule has 3 saturated carbocycles. The molecule has 0 saturated heterocycles. The summed E-state index contributed by atoms with van der Waals surface area (Å²) in [5.41, 5.74) is -2.67. The van der Waals surface area contributed by atoms with Crippen molar-refractivity contribution in [2.75, 3.05) is 6.61 Å². The van der Waals surface area contributed by atoms with E-state index in [0.29, 0.717) is 19.3 Å². The molecule has 8 nitrogen and oxygen atoms in total. The van der Waals surface area contributed by atoms with Crippen molar-refractivity contribution in [2.45, 2.75) is 51.6 Å². The maximum atomic E-state index is 13.5. The van der Waals surface area contributed by atoms with Gasteiger partial charge in [-0.25, -0.2) is 4.57 Å². The zero-order chi connectivity index (χ0) is 22.1. The molecule has 0 aromatic carbocycles. The van der Waals surface area contributed by atoms with E-state index < -0.39 is 36.6 Å². The van der Waals surface area contributed by atoms with Crippen LogP contribution in [0.3, 0.4) is 0 Å². The molecule has 0 aromatic heterocycles. The minimum absolute atomic E-state index is 0.0445. The molecule has 0 aliphatic heterocycles. The maximum Gasteiger partial charge on any atom is 0.470 e. The molecule has 3 fully saturated rings. The number of fused-ring (bicyclic) bond motifs is 5. The Morgan fingerprint density at radius 3 is 2.60 bits per heavy atom. The van der Waals surface area contributed by atoms with Gasteiger partial charge in [-0.2, -0.15) is 0 Å². The summed E-state index contributed by atoms with van der Waals surface area (Å²) < 4.78 is 16.9. The number of carbonyl (C=O) groups is 3. The number of ketones is 3. The second-order valence-electron chi connectivity index (χ2n) is 9.56. The minimum Gasteiger partial charge on any atom is -0.388 e. The predicted molar refractivity (Wildman–Crippen MR) is 105 cm³/mol. The first-order chi connectivity index (χ1) is 13.9. The highest BCUT2D eigenvalue weighted by molar-refractivity contribution is 7.46. The number of aliphatic hydroxyl groups is 1. The van der Waals surface area contributed by atoms with Crippen molar-refractivity contribution in [1.29, 1.82) is 0 Å². The summed E-state index contributed by atoms with van der Waals surface area (Å²) in [6.45, 7) is 2.74. The first kappa shape index (κ1) is 21.8. The van der Waals surface area contributed by atoms with E-state index in [-0.39, 0.29) is 42.2 Å². The Morgan fingerprint density at radius 2 is 1.97 bits per heavy atom. The van der Waals surface area contributed by atoms with Crippen molar-refractivity contribution >= 4 is 25.2 Å². The summed E-state index contributed by atoms with van der Waals surface area (Å²) in [6, 6.07) is 0. The lowest BCUT2D eigenvalue weighted by Gasteiger charge is -2.57. The first-order valence-corrected chi connectivity index (χ1v) is 11.8. The van der Waals surface area contributed by atoms with E-state index in [1.165, 1.54) is 6.08 Å². The van der Waals surface area contributed by atoms with Crippen LogP contribution in [0.25, 0.3) is 0 Å². The lowest BCUT2D eigenvalue weighted by atomic mass is 9.46. The molecule has 0 amide bonds. The van der Waals surface area contributed by atoms with Crippen LogP contribution in [0.2, 0.25) is 0 Å². The van der Waals surface area contributed by atoms with Crippen LogP contribution in [-0.2, 0) is 23.5 Å². The van der Waals surface area contributed by atoms with E-state index in [1.54, 1.807) is 13.0 Å². The van der Waals surface area contributed by atoms with E-state index in [2.05, 4.69) is 0 Å². The molecule has 6 atom stereocenters. The third-order valence-corrected chi connectivity index (χ3v) is 8.80. The summed E-state index contributed by atoms with van der Waals surface area (Å²) in [5.74, 6) is -1.63. The average molecular weight is 438 g/mol. The molecule has 4 aliphatic rings. The third-order valence-electron chi connectivity index (χ3n) is 8.25. The molecule has 0 spiro atoms. The van der Waals surface area contributed by atoms with E-state index in [1.807, 2.05) is 13.0 Å². The number of carbonyl (C=O) groups excluding carboxylic acids is 3. The smallest absolute Gasteiger partial charge is 0.388 e. The lowest BCUT2D eigenvalue weighted by Crippen LogP contribution is -2.61. The fraction of sp³-hybridized carbons (Fsp3) is 0.667. The summed E-state index contributed by atoms with van der Waals surface area (Å²) >= 11 is 0. The van der Waals surface area contributed by atoms with E-state index in [0.717, 1.165) is 5.57 Å². The number of hydrogen-bond acceptors (Lipinski definition) is 6. The molecule has 9 heteroatoms. The average Bonchev–Trinajstić information content (AvgIpc) is 2.92. The van der Waals surface area contributed by atoms with Gasteiger partial charge in [0, 0.05) is 23.2 Å². The lowest BCUT2D eigenvalue weighted by molar-refractivity contribution is -0.166. The number of Topliss-reactive ketones (excluding diaryl/α,β-unsaturated/α-hetero) is 2. The molecule has 4 aliphatic carbocycles. The quantitative estimate of drug-likeness (QED) is 0.566. The van der Waals surface area contributed by atoms with Gasteiger partial charge in [0.2, 0.25) is 0 Å². The van der Waals surface area contributed by atoms with Gasteiger partial charge in [-0.05, 0) is 49.7 Å². The van der Waals surface area contributed by atoms with Crippen LogP contribution >= 0.6 is 7.82 Å². The van der Waals surface area contributed by atoms with Gasteiger partial charge in [-0.3, -0.25) is 18.9 Å². The Bertz CT molecular complexity index is 931. The molecular formula is C21H27O8P. The van der Waals surface area contributed by atoms with Crippen molar-refractivity contribution in [1.82, 2.24) is 0 Å². The number of phosphoric acid groups is 1. The third kappa shape index (κ3) is 2.88. The van der Waals surface area contributed by atoms with Gasteiger partial charge in [0.05, 0.1) is 0 Å². The zero-order valence-electron chi connectivity index (χ0n) is 17.0. The van der Waals surface area contributed by atoms with Crippen LogP contribution in [0.4, 0.5) is 0 Å². The molecule has 4 rings (SSSR count). The topological polar surface area (TPSA) is 138 Å². The van der Waals surface area contributed by atoms with Gasteiger partial charge in [0.15, 0.2) is 11.6 Å². The Morgan fingerprint density at radius 1 is 1.27 bits per heavy atom. The van der Waals surface area contributed by atoms with Gasteiger partial charge in [0.1, 0.15) is 18.0 Å². The summed E-state index contributed by atoms with van der Waals surface area (Å²) in [4.78, 5) is 57.2. The Balaban J connectivity index is 1.79. The highest BCUT2D eigenvalue weighted by Gasteiger charge is 2.70. The van der Waals surface area contributed by atoms with Gasteiger partial charge in [-0.1, -0.05) is 25.5 Å². The van der Waals surface area contributed by atoms with Crippen LogP contribution in [0.5, 0.6) is 0 Å². The SMILES string of the molecule is C[C@]12C=CC(=O)C=C1CC[C@@H]1[C@@H]2C(=O)C[C@@]2(C)[C@H]1CC[C@]2(OP(=O)(O)O)C(=O)CO. The fourth-order valence-electron chi connectivity index (χ4n) is 7.01. The molecule has 0 bridgehead atoms. The van der Waals surface area contributed by atoms with Crippen LogP contribution in [0.1, 0.15) is 46.0 Å². The second kappa shape index (κ2) is 6.78. The van der Waals surface area contributed by atoms with Gasteiger partial charge >= 0.3 is 7.82 Å². The number of hydrogen-bond donors (Lipinski definition) is 3. The maximum absolute atomic E-state index is 13.5. The van der Waals surface area contributed by atoms with E-state index in [9.17, 15) is 33.8 Å². The Hall–Kier alpha value is -1.44. The van der Waals surface area contributed by atoms with Crippen LogP contribution in [-0.4, -0.2) is 44.5 Å². The summed E-state index contributed by atoms with van der Waals surface area (Å²) in [7, 11) is -5.05. The van der Waals surface area contributed by atoms with Crippen molar-refractivity contribution in [2.24, 2.45) is 28.6 Å². The van der Waals surface area contributed by atoms with Gasteiger partial charge in [-0.15, -0.1) is 0 Å². The largest absolute Gasteiger partial charge is 0.470 e. The molecule has 0 heterocycles. The van der Waals surface area contributed by atoms with Gasteiger partial charge in [0.25, 0.3) is 0 Å². The number of aliphatic hydroxyl groups excluding tert-OH is 1. The van der Waals surface area contributed by atoms with Crippen molar-refractivity contribution in [3.63, 3.8) is 0 Å². The number of allylic oxidation sites excluding steroid dienone is 4. The number of rotatable bonds is 4. The second-order valence-corrected chi connectivity index (χ2v) is 10.7. The molecule has 30 heavy (non-hydrogen) atoms. The first-order valence-electron chi connectivity index (χ1n) is 10.3. The number of phosphoric ester groups is 1. The summed E-state index contributed by atoms with van der Waals surface area (Å²) in [6.07, 6.45) is 6.66. The molecule has 0 radical (unpaired) electrons. The summed E-state index contributed by atoms with van der Waals surface area (Å²) in [5, 5.41) is 9.56. The minimum atomic E-state index is -5.05. The molecule has 3 N–H and O–H groups in total. The fourth-order valence-corrected chi connectivity index (χ4v) is 7.81. The molecule has 0 aromatic rings. The Labute approximate surface area is 174 Å². The predicted octanol–water partition coefficient (Wildman–Crippen LogP) is 1.88. The van der Waals surface area contributed by atoms with E-state index >= 15 is 0 Å². The standard InChI is InChI=1S/C21H27O8P/c1-19-7-5-13(23)9-12(19)3-4-14-15-6-8-21(17(25)11-22,29-30(26,27)28)20(15,2)10-16(24)18(14)19/h5,7,9,14-15,18,22H,3-4,6,8,10-11H2,1-2H3,(H2,26,27,28)/t14-,15-,18+,19-,20-,21-/m0/s1. The zero-order valence-corrected chi connectivity index (χ0v) is 17.9. The van der Waals surface area contributed by atoms with Crippen molar-refractivity contribution in [3.05, 3.63) is 23.8 Å². The van der Waals surface area contributed by atoms with Crippen molar-refractivity contribution in [3.8, 4) is 0 Å². The van der Waals surface area contributed by atoms with E-state index in [4.69, 9.17) is 4.52 Å². The molecule has 164 valence electrons. The van der Waals surface area contributed by atoms with Crippen LogP contribution in [0, 0.1) is 28.6 Å². The highest BCUT2D eigenvalue weighted by atomic mass is 31.2. The molecular weight excluding hydrogens is 411 g/mol. The Kier molecular flexibility index (Phi) is 4.92.